The van der Waals surface area contributed by atoms with Crippen LogP contribution < -0.4 is 15.8 Å². The Morgan fingerprint density at radius 1 is 1.29 bits per heavy atom. The van der Waals surface area contributed by atoms with Crippen molar-refractivity contribution >= 4 is 45.4 Å². The van der Waals surface area contributed by atoms with Crippen molar-refractivity contribution in [1.82, 2.24) is 4.72 Å². The molecule has 2 rings (SSSR count). The molecule has 1 aromatic carbocycles. The fourth-order valence-corrected chi connectivity index (χ4v) is 3.81. The zero-order chi connectivity index (χ0) is 16.9. The number of hydrogen-bond acceptors (Lipinski definition) is 5. The van der Waals surface area contributed by atoms with Crippen molar-refractivity contribution in [1.29, 1.82) is 0 Å². The fourth-order valence-electron chi connectivity index (χ4n) is 1.94. The van der Waals surface area contributed by atoms with Gasteiger partial charge in [-0.2, -0.15) is 0 Å². The first-order chi connectivity index (χ1) is 10.9. The molecular weight excluding hydrogens is 370 g/mol. The number of halogens is 1. The maximum absolute atomic E-state index is 12.3. The summed E-state index contributed by atoms with van der Waals surface area (Å²) in [7, 11) is -3.62. The summed E-state index contributed by atoms with van der Waals surface area (Å²) < 4.78 is 26.5. The van der Waals surface area contributed by atoms with Crippen molar-refractivity contribution in [3.05, 3.63) is 46.7 Å². The highest BCUT2D eigenvalue weighted by Crippen LogP contribution is 2.23. The van der Waals surface area contributed by atoms with E-state index < -0.39 is 10.0 Å². The molecule has 0 aliphatic rings. The van der Waals surface area contributed by atoms with Gasteiger partial charge in [-0.15, -0.1) is 23.7 Å². The van der Waals surface area contributed by atoms with E-state index >= 15 is 0 Å². The highest BCUT2D eigenvalue weighted by molar-refractivity contribution is 7.89. The normalized spacial score (nSPS) is 12.2. The Balaban J connectivity index is 0.00000288. The van der Waals surface area contributed by atoms with E-state index in [1.54, 1.807) is 12.1 Å². The van der Waals surface area contributed by atoms with Crippen LogP contribution in [0.3, 0.4) is 0 Å². The Hall–Kier alpha value is -1.45. The summed E-state index contributed by atoms with van der Waals surface area (Å²) in [5.74, 6) is -0.484. The van der Waals surface area contributed by atoms with Crippen LogP contribution in [-0.2, 0) is 14.8 Å². The van der Waals surface area contributed by atoms with E-state index in [0.717, 1.165) is 4.88 Å². The number of benzene rings is 1. The molecule has 0 aliphatic heterocycles. The second-order valence-electron chi connectivity index (χ2n) is 4.94. The summed E-state index contributed by atoms with van der Waals surface area (Å²) in [6.07, 6.45) is 0. The molecule has 6 nitrogen and oxygen atoms in total. The van der Waals surface area contributed by atoms with Gasteiger partial charge in [0.1, 0.15) is 0 Å². The van der Waals surface area contributed by atoms with Crippen molar-refractivity contribution in [3.63, 3.8) is 0 Å². The standard InChI is InChI=1S/C15H19N3O3S2.ClH/c1-11(14-6-3-9-22-14)15(19)18-12-4-2-5-13(10-12)23(20,21)17-8-7-16;/h2-6,9-11,17H,7-8,16H2,1H3,(H,18,19);1H. The predicted molar refractivity (Wildman–Crippen MR) is 99.3 cm³/mol. The minimum atomic E-state index is -3.62. The Labute approximate surface area is 151 Å². The molecule has 132 valence electrons. The molecule has 24 heavy (non-hydrogen) atoms. The molecule has 0 fully saturated rings. The first kappa shape index (κ1) is 20.6. The molecule has 1 heterocycles. The van der Waals surface area contributed by atoms with Crippen molar-refractivity contribution in [2.24, 2.45) is 5.73 Å². The first-order valence-corrected chi connectivity index (χ1v) is 9.44. The lowest BCUT2D eigenvalue weighted by Crippen LogP contribution is -2.29. The van der Waals surface area contributed by atoms with Gasteiger partial charge in [0.15, 0.2) is 0 Å². The number of carbonyl (C=O) groups excluding carboxylic acids is 1. The second-order valence-corrected chi connectivity index (χ2v) is 7.69. The number of nitrogens with one attached hydrogen (secondary N) is 2. The van der Waals surface area contributed by atoms with E-state index in [9.17, 15) is 13.2 Å². The summed E-state index contributed by atoms with van der Waals surface area (Å²) in [6.45, 7) is 2.19. The third-order valence-corrected chi connectivity index (χ3v) is 5.73. The molecule has 9 heteroatoms. The molecular formula is C15H20ClN3O3S2. The lowest BCUT2D eigenvalue weighted by Gasteiger charge is -2.12. The average molecular weight is 390 g/mol. The molecule has 2 aromatic rings. The van der Waals surface area contributed by atoms with Gasteiger partial charge in [0.05, 0.1) is 10.8 Å². The number of amides is 1. The molecule has 1 amide bonds. The molecule has 1 aromatic heterocycles. The maximum Gasteiger partial charge on any atom is 0.240 e. The van der Waals surface area contributed by atoms with Crippen molar-refractivity contribution in [2.75, 3.05) is 18.4 Å². The molecule has 0 radical (unpaired) electrons. The number of hydrogen-bond donors (Lipinski definition) is 3. The highest BCUT2D eigenvalue weighted by atomic mass is 35.5. The van der Waals surface area contributed by atoms with Crippen LogP contribution in [0.25, 0.3) is 0 Å². The number of rotatable bonds is 7. The number of carbonyl (C=O) groups is 1. The van der Waals surface area contributed by atoms with Crippen LogP contribution in [0.4, 0.5) is 5.69 Å². The largest absolute Gasteiger partial charge is 0.329 e. The highest BCUT2D eigenvalue weighted by Gasteiger charge is 2.18. The van der Waals surface area contributed by atoms with Crippen LogP contribution in [0, 0.1) is 0 Å². The van der Waals surface area contributed by atoms with E-state index in [1.165, 1.54) is 23.5 Å². The Kier molecular flexibility index (Phi) is 7.85. The van der Waals surface area contributed by atoms with Gasteiger partial charge >= 0.3 is 0 Å². The summed E-state index contributed by atoms with van der Waals surface area (Å²) in [6, 6.07) is 9.92. The zero-order valence-electron chi connectivity index (χ0n) is 13.1. The third kappa shape index (κ3) is 5.29. The summed E-state index contributed by atoms with van der Waals surface area (Å²) in [5, 5.41) is 4.66. The fraction of sp³-hybridized carbons (Fsp3) is 0.267. The van der Waals surface area contributed by atoms with Crippen LogP contribution in [0.1, 0.15) is 17.7 Å². The average Bonchev–Trinajstić information content (AvgIpc) is 3.07. The van der Waals surface area contributed by atoms with Gasteiger partial charge in [0.25, 0.3) is 0 Å². The Morgan fingerprint density at radius 3 is 2.67 bits per heavy atom. The Morgan fingerprint density at radius 2 is 2.04 bits per heavy atom. The van der Waals surface area contributed by atoms with Gasteiger partial charge in [-0.3, -0.25) is 4.79 Å². The quantitative estimate of drug-likeness (QED) is 0.675. The topological polar surface area (TPSA) is 101 Å². The van der Waals surface area contributed by atoms with E-state index in [1.807, 2.05) is 24.4 Å². The SMILES string of the molecule is CC(C(=O)Nc1cccc(S(=O)(=O)NCCN)c1)c1cccs1.Cl. The molecule has 1 atom stereocenters. The van der Waals surface area contributed by atoms with Crippen molar-refractivity contribution in [2.45, 2.75) is 17.7 Å². The Bertz CT molecular complexity index is 764. The van der Waals surface area contributed by atoms with Crippen LogP contribution in [0.15, 0.2) is 46.7 Å². The number of sulfonamides is 1. The van der Waals surface area contributed by atoms with Gasteiger partial charge < -0.3 is 11.1 Å². The lowest BCUT2D eigenvalue weighted by atomic mass is 10.1. The van der Waals surface area contributed by atoms with E-state index in [-0.39, 0.29) is 42.2 Å². The summed E-state index contributed by atoms with van der Waals surface area (Å²) in [4.78, 5) is 13.3. The zero-order valence-corrected chi connectivity index (χ0v) is 15.5. The van der Waals surface area contributed by atoms with Crippen LogP contribution in [-0.4, -0.2) is 27.4 Å². The molecule has 1 unspecified atom stereocenters. The summed E-state index contributed by atoms with van der Waals surface area (Å²) >= 11 is 1.51. The molecule has 0 aliphatic carbocycles. The molecule has 0 saturated carbocycles. The van der Waals surface area contributed by atoms with Gasteiger partial charge in [0.2, 0.25) is 15.9 Å². The minimum absolute atomic E-state index is 0. The third-order valence-electron chi connectivity index (χ3n) is 3.21. The van der Waals surface area contributed by atoms with Crippen molar-refractivity contribution in [3.8, 4) is 0 Å². The summed E-state index contributed by atoms with van der Waals surface area (Å²) in [5.41, 5.74) is 5.75. The van der Waals surface area contributed by atoms with Gasteiger partial charge in [0, 0.05) is 23.7 Å². The molecule has 0 bridgehead atoms. The van der Waals surface area contributed by atoms with Crippen LogP contribution in [0.2, 0.25) is 0 Å². The van der Waals surface area contributed by atoms with E-state index in [2.05, 4.69) is 10.0 Å². The number of anilines is 1. The van der Waals surface area contributed by atoms with Crippen molar-refractivity contribution < 1.29 is 13.2 Å². The van der Waals surface area contributed by atoms with Gasteiger partial charge in [-0.25, -0.2) is 13.1 Å². The van der Waals surface area contributed by atoms with Crippen LogP contribution >= 0.6 is 23.7 Å². The molecule has 4 N–H and O–H groups in total. The molecule has 0 spiro atoms. The van der Waals surface area contributed by atoms with Gasteiger partial charge in [-0.05, 0) is 36.6 Å². The number of thiophene rings is 1. The monoisotopic (exact) mass is 389 g/mol. The smallest absolute Gasteiger partial charge is 0.240 e. The van der Waals surface area contributed by atoms with Gasteiger partial charge in [-0.1, -0.05) is 12.1 Å². The predicted octanol–water partition coefficient (Wildman–Crippen LogP) is 2.15. The minimum Gasteiger partial charge on any atom is -0.329 e. The van der Waals surface area contributed by atoms with E-state index in [0.29, 0.717) is 5.69 Å². The molecule has 0 saturated heterocycles. The van der Waals surface area contributed by atoms with Crippen LogP contribution in [0.5, 0.6) is 0 Å². The number of nitrogens with two attached hydrogens (primary N) is 1. The lowest BCUT2D eigenvalue weighted by molar-refractivity contribution is -0.117. The second kappa shape index (κ2) is 9.14. The maximum atomic E-state index is 12.3. The first-order valence-electron chi connectivity index (χ1n) is 7.08. The van der Waals surface area contributed by atoms with E-state index in [4.69, 9.17) is 5.73 Å².